The van der Waals surface area contributed by atoms with Crippen molar-refractivity contribution >= 4 is 22.8 Å². The molecule has 1 aliphatic rings. The molecule has 0 amide bonds. The summed E-state index contributed by atoms with van der Waals surface area (Å²) in [5.74, 6) is 0. The smallest absolute Gasteiger partial charge is 0.324 e. The third kappa shape index (κ3) is 10.9. The second-order valence-corrected chi connectivity index (χ2v) is 11.1. The average molecular weight is 425 g/mol. The van der Waals surface area contributed by atoms with Gasteiger partial charge in [-0.1, -0.05) is 0 Å². The Bertz CT molecular complexity index is 573. The standard InChI is InChI=1S/C10H26N3O9P3/c1-10-6-12(8-24(17,18)19)3-2-11(7-23(14,15)16)4-5-13(10)9-25(20,21)22/h10H,2-9H2,1H3,(H2,14,15,16)(H2,17,18,19)(H2,20,21,22). The van der Waals surface area contributed by atoms with E-state index in [1.807, 2.05) is 0 Å². The summed E-state index contributed by atoms with van der Waals surface area (Å²) in [6.45, 7) is 2.51. The van der Waals surface area contributed by atoms with Gasteiger partial charge in [0, 0.05) is 38.8 Å². The number of hydrogen-bond acceptors (Lipinski definition) is 6. The fourth-order valence-electron chi connectivity index (χ4n) is 2.70. The molecule has 0 radical (unpaired) electrons. The van der Waals surface area contributed by atoms with Crippen molar-refractivity contribution < 1.29 is 43.1 Å². The molecule has 0 bridgehead atoms. The van der Waals surface area contributed by atoms with Crippen molar-refractivity contribution in [2.24, 2.45) is 0 Å². The molecule has 15 heteroatoms. The molecule has 0 saturated carbocycles. The van der Waals surface area contributed by atoms with Crippen molar-refractivity contribution in [2.75, 3.05) is 51.6 Å². The predicted octanol–water partition coefficient (Wildman–Crippen LogP) is -1.30. The highest BCUT2D eigenvalue weighted by atomic mass is 31.2. The molecule has 0 aromatic rings. The van der Waals surface area contributed by atoms with E-state index in [4.69, 9.17) is 9.79 Å². The van der Waals surface area contributed by atoms with Crippen molar-refractivity contribution in [3.8, 4) is 0 Å². The van der Waals surface area contributed by atoms with Crippen LogP contribution in [-0.2, 0) is 13.7 Å². The Morgan fingerprint density at radius 3 is 1.60 bits per heavy atom. The molecule has 1 unspecified atom stereocenters. The van der Waals surface area contributed by atoms with Gasteiger partial charge in [0.25, 0.3) is 0 Å². The van der Waals surface area contributed by atoms with E-state index < -0.39 is 47.7 Å². The van der Waals surface area contributed by atoms with E-state index >= 15 is 0 Å². The first-order valence-corrected chi connectivity index (χ1v) is 12.9. The van der Waals surface area contributed by atoms with Crippen LogP contribution in [0.2, 0.25) is 0 Å². The summed E-state index contributed by atoms with van der Waals surface area (Å²) in [4.78, 5) is 59.4. The molecule has 12 nitrogen and oxygen atoms in total. The van der Waals surface area contributed by atoms with Gasteiger partial charge >= 0.3 is 22.8 Å². The summed E-state index contributed by atoms with van der Waals surface area (Å²) >= 11 is 0. The molecule has 1 rings (SSSR count). The van der Waals surface area contributed by atoms with Crippen LogP contribution in [0.3, 0.4) is 0 Å². The first-order chi connectivity index (χ1) is 11.1. The second-order valence-electron chi connectivity index (χ2n) is 6.27. The third-order valence-electron chi connectivity index (χ3n) is 3.72. The lowest BCUT2D eigenvalue weighted by atomic mass is 10.3. The molecule has 1 atom stereocenters. The first-order valence-electron chi connectivity index (χ1n) is 7.47. The zero-order chi connectivity index (χ0) is 19.5. The van der Waals surface area contributed by atoms with Gasteiger partial charge in [0.1, 0.15) is 18.9 Å². The topological polar surface area (TPSA) is 182 Å². The van der Waals surface area contributed by atoms with Gasteiger partial charge in [-0.3, -0.25) is 28.4 Å². The predicted molar refractivity (Wildman–Crippen MR) is 90.0 cm³/mol. The SMILES string of the molecule is CC1CN(CP(=O)(O)O)CCN(CP(=O)(O)O)CCN1CP(=O)(O)O. The fourth-order valence-corrected chi connectivity index (χ4v) is 5.18. The van der Waals surface area contributed by atoms with Crippen LogP contribution < -0.4 is 0 Å². The van der Waals surface area contributed by atoms with E-state index in [0.29, 0.717) is 0 Å². The molecular weight excluding hydrogens is 399 g/mol. The third-order valence-corrected chi connectivity index (χ3v) is 5.98. The molecule has 1 saturated heterocycles. The molecule has 150 valence electrons. The Hall–Kier alpha value is 0.330. The summed E-state index contributed by atoms with van der Waals surface area (Å²) in [5.41, 5.74) is 0. The molecule has 0 spiro atoms. The molecule has 0 aromatic carbocycles. The maximum atomic E-state index is 11.3. The average Bonchev–Trinajstić information content (AvgIpc) is 2.39. The molecular formula is C10H26N3O9P3. The second kappa shape index (κ2) is 9.01. The summed E-state index contributed by atoms with van der Waals surface area (Å²) in [5, 5.41) is 0. The van der Waals surface area contributed by atoms with Crippen LogP contribution >= 0.6 is 22.8 Å². The van der Waals surface area contributed by atoms with Crippen LogP contribution in [0, 0.1) is 0 Å². The van der Waals surface area contributed by atoms with Gasteiger partial charge < -0.3 is 29.4 Å². The monoisotopic (exact) mass is 425 g/mol. The van der Waals surface area contributed by atoms with Crippen molar-refractivity contribution in [3.63, 3.8) is 0 Å². The van der Waals surface area contributed by atoms with E-state index in [2.05, 4.69) is 0 Å². The fraction of sp³-hybridized carbons (Fsp3) is 1.00. The highest BCUT2D eigenvalue weighted by Crippen LogP contribution is 2.38. The molecule has 6 N–H and O–H groups in total. The van der Waals surface area contributed by atoms with Crippen LogP contribution in [0.15, 0.2) is 0 Å². The number of nitrogens with zero attached hydrogens (tertiary/aromatic N) is 3. The van der Waals surface area contributed by atoms with Crippen LogP contribution in [0.5, 0.6) is 0 Å². The van der Waals surface area contributed by atoms with Crippen molar-refractivity contribution in [1.29, 1.82) is 0 Å². The zero-order valence-corrected chi connectivity index (χ0v) is 16.5. The Kier molecular flexibility index (Phi) is 8.43. The Morgan fingerprint density at radius 1 is 0.720 bits per heavy atom. The van der Waals surface area contributed by atoms with Gasteiger partial charge in [0.15, 0.2) is 0 Å². The van der Waals surface area contributed by atoms with Gasteiger partial charge in [-0.25, -0.2) is 0 Å². The highest BCUT2D eigenvalue weighted by Gasteiger charge is 2.30. The summed E-state index contributed by atoms with van der Waals surface area (Å²) < 4.78 is 33.9. The zero-order valence-electron chi connectivity index (χ0n) is 13.8. The molecule has 25 heavy (non-hydrogen) atoms. The molecule has 1 aliphatic heterocycles. The minimum absolute atomic E-state index is 0.162. The van der Waals surface area contributed by atoms with Crippen molar-refractivity contribution in [1.82, 2.24) is 14.7 Å². The maximum Gasteiger partial charge on any atom is 0.339 e. The van der Waals surface area contributed by atoms with E-state index in [0.717, 1.165) is 0 Å². The summed E-state index contributed by atoms with van der Waals surface area (Å²) in [6, 6.07) is -0.408. The molecule has 0 aromatic heterocycles. The molecule has 1 heterocycles. The highest BCUT2D eigenvalue weighted by molar-refractivity contribution is 7.52. The van der Waals surface area contributed by atoms with E-state index in [1.54, 1.807) is 6.92 Å². The van der Waals surface area contributed by atoms with Crippen LogP contribution in [-0.4, -0.2) is 102 Å². The van der Waals surface area contributed by atoms with Gasteiger partial charge in [0.05, 0.1) is 0 Å². The number of hydrogen-bond donors (Lipinski definition) is 6. The Labute approximate surface area is 145 Å². The lowest BCUT2D eigenvalue weighted by Gasteiger charge is -2.32. The maximum absolute atomic E-state index is 11.3. The minimum Gasteiger partial charge on any atom is -0.324 e. The quantitative estimate of drug-likeness (QED) is 0.277. The molecule has 0 aliphatic carbocycles. The van der Waals surface area contributed by atoms with Gasteiger partial charge in [-0.05, 0) is 6.92 Å². The van der Waals surface area contributed by atoms with Gasteiger partial charge in [0.2, 0.25) is 0 Å². The van der Waals surface area contributed by atoms with Crippen LogP contribution in [0.1, 0.15) is 6.92 Å². The van der Waals surface area contributed by atoms with Crippen molar-refractivity contribution in [2.45, 2.75) is 13.0 Å². The van der Waals surface area contributed by atoms with E-state index in [9.17, 15) is 33.3 Å². The summed E-state index contributed by atoms with van der Waals surface area (Å²) in [7, 11) is -13.0. The Balaban J connectivity index is 2.96. The van der Waals surface area contributed by atoms with Gasteiger partial charge in [-0.2, -0.15) is 0 Å². The number of rotatable bonds is 6. The first kappa shape index (κ1) is 23.4. The van der Waals surface area contributed by atoms with Crippen LogP contribution in [0.25, 0.3) is 0 Å². The lowest BCUT2D eigenvalue weighted by molar-refractivity contribution is 0.174. The van der Waals surface area contributed by atoms with Crippen molar-refractivity contribution in [3.05, 3.63) is 0 Å². The normalized spacial score (nSPS) is 23.9. The lowest BCUT2D eigenvalue weighted by Crippen LogP contribution is -2.43. The van der Waals surface area contributed by atoms with E-state index in [1.165, 1.54) is 14.7 Å². The minimum atomic E-state index is -4.36. The van der Waals surface area contributed by atoms with Crippen LogP contribution in [0.4, 0.5) is 0 Å². The Morgan fingerprint density at radius 2 is 1.12 bits per heavy atom. The van der Waals surface area contributed by atoms with E-state index in [-0.39, 0.29) is 32.7 Å². The summed E-state index contributed by atoms with van der Waals surface area (Å²) in [6.07, 6.45) is -1.61. The molecule has 1 fully saturated rings. The van der Waals surface area contributed by atoms with Gasteiger partial charge in [-0.15, -0.1) is 0 Å². The largest absolute Gasteiger partial charge is 0.339 e.